The Morgan fingerprint density at radius 1 is 1.43 bits per heavy atom. The zero-order chi connectivity index (χ0) is 15.5. The van der Waals surface area contributed by atoms with Crippen LogP contribution >= 0.6 is 11.8 Å². The molecule has 2 aromatic heterocycles. The number of para-hydroxylation sites is 1. The fourth-order valence-corrected chi connectivity index (χ4v) is 2.85. The van der Waals surface area contributed by atoms with Gasteiger partial charge in [0.1, 0.15) is 0 Å². The molecular formula is C16H19ClN4OS. The van der Waals surface area contributed by atoms with Gasteiger partial charge in [-0.25, -0.2) is 0 Å². The van der Waals surface area contributed by atoms with Crippen molar-refractivity contribution in [2.24, 2.45) is 5.73 Å². The molecule has 3 aromatic rings. The summed E-state index contributed by atoms with van der Waals surface area (Å²) in [5.74, 6) is 1.23. The number of nitrogens with zero attached hydrogens (tertiary/aromatic N) is 2. The highest BCUT2D eigenvalue weighted by atomic mass is 35.5. The summed E-state index contributed by atoms with van der Waals surface area (Å²) < 4.78 is 5.62. The van der Waals surface area contributed by atoms with Crippen LogP contribution < -0.4 is 18.1 Å². The molecule has 5 nitrogen and oxygen atoms in total. The fraction of sp³-hybridized carbons (Fsp3) is 0.250. The predicted octanol–water partition coefficient (Wildman–Crippen LogP) is 0.578. The van der Waals surface area contributed by atoms with Crippen molar-refractivity contribution < 1.29 is 18.3 Å². The van der Waals surface area contributed by atoms with Crippen molar-refractivity contribution in [1.82, 2.24) is 15.2 Å². The highest BCUT2D eigenvalue weighted by Crippen LogP contribution is 2.25. The molecule has 122 valence electrons. The molecule has 7 heteroatoms. The van der Waals surface area contributed by atoms with Gasteiger partial charge in [0.05, 0.1) is 6.04 Å². The topological polar surface area (TPSA) is 80.7 Å². The van der Waals surface area contributed by atoms with E-state index in [-0.39, 0.29) is 19.9 Å². The lowest BCUT2D eigenvalue weighted by Crippen LogP contribution is -3.00. The molecule has 1 aromatic carbocycles. The van der Waals surface area contributed by atoms with Crippen LogP contribution in [0.3, 0.4) is 0 Å². The van der Waals surface area contributed by atoms with E-state index < -0.39 is 0 Å². The van der Waals surface area contributed by atoms with Crippen LogP contribution in [0.2, 0.25) is 0 Å². The molecule has 0 bridgehead atoms. The molecule has 0 aliphatic carbocycles. The van der Waals surface area contributed by atoms with E-state index >= 15 is 0 Å². The number of halogens is 1. The van der Waals surface area contributed by atoms with E-state index in [1.54, 1.807) is 0 Å². The smallest absolute Gasteiger partial charge is 1.00 e. The number of rotatable bonds is 6. The second-order valence-electron chi connectivity index (χ2n) is 5.32. The van der Waals surface area contributed by atoms with Gasteiger partial charge in [0.2, 0.25) is 5.89 Å². The molecule has 0 amide bonds. The fourth-order valence-electron chi connectivity index (χ4n) is 2.24. The van der Waals surface area contributed by atoms with Gasteiger partial charge >= 0.3 is 1.43 Å². The maximum Gasteiger partial charge on any atom is 1.00 e. The third-order valence-electron chi connectivity index (χ3n) is 3.30. The summed E-state index contributed by atoms with van der Waals surface area (Å²) in [7, 11) is 0. The molecule has 0 unspecified atom stereocenters. The van der Waals surface area contributed by atoms with Gasteiger partial charge in [-0.15, -0.1) is 10.2 Å². The third kappa shape index (κ3) is 4.16. The highest BCUT2D eigenvalue weighted by molar-refractivity contribution is 7.99. The highest BCUT2D eigenvalue weighted by Gasteiger charge is 2.17. The van der Waals surface area contributed by atoms with Gasteiger partial charge < -0.3 is 27.5 Å². The van der Waals surface area contributed by atoms with Gasteiger partial charge in [0, 0.05) is 22.9 Å². The number of hydrogen-bond donors (Lipinski definition) is 2. The zero-order valence-electron chi connectivity index (χ0n) is 13.8. The number of hydrogen-bond acceptors (Lipinski definition) is 5. The van der Waals surface area contributed by atoms with Gasteiger partial charge in [-0.2, -0.15) is 0 Å². The molecule has 0 saturated heterocycles. The van der Waals surface area contributed by atoms with Crippen molar-refractivity contribution in [1.29, 1.82) is 0 Å². The molecule has 0 aliphatic rings. The Morgan fingerprint density at radius 2 is 2.22 bits per heavy atom. The Balaban J connectivity index is 0.00000144. The number of aromatic nitrogens is 3. The van der Waals surface area contributed by atoms with Crippen molar-refractivity contribution in [2.45, 2.75) is 24.6 Å². The molecule has 0 saturated carbocycles. The van der Waals surface area contributed by atoms with Crippen LogP contribution in [0.1, 0.15) is 25.8 Å². The third-order valence-corrected chi connectivity index (χ3v) is 4.35. The SMILES string of the molecule is C=C(C)CSc1nnc([C@@H](N)Cc2c[nH]c3ccccc23)o1.[Cl-].[H+]. The van der Waals surface area contributed by atoms with Crippen LogP contribution in [0, 0.1) is 0 Å². The van der Waals surface area contributed by atoms with Crippen LogP contribution in [0.4, 0.5) is 0 Å². The average molecular weight is 351 g/mol. The van der Waals surface area contributed by atoms with E-state index in [0.717, 1.165) is 22.4 Å². The number of fused-ring (bicyclic) bond motifs is 1. The molecule has 0 fully saturated rings. The summed E-state index contributed by atoms with van der Waals surface area (Å²) in [6.45, 7) is 5.82. The number of aromatic amines is 1. The lowest BCUT2D eigenvalue weighted by molar-refractivity contribution is -0.00000524. The van der Waals surface area contributed by atoms with Crippen LogP contribution in [0.25, 0.3) is 10.9 Å². The Hall–Kier alpha value is -1.76. The molecule has 3 N–H and O–H groups in total. The van der Waals surface area contributed by atoms with Crippen LogP contribution in [0.5, 0.6) is 0 Å². The largest absolute Gasteiger partial charge is 1.00 e. The van der Waals surface area contributed by atoms with Crippen LogP contribution in [-0.4, -0.2) is 20.9 Å². The maximum absolute atomic E-state index is 6.21. The van der Waals surface area contributed by atoms with E-state index in [1.807, 2.05) is 31.3 Å². The number of nitrogens with one attached hydrogen (secondary N) is 1. The van der Waals surface area contributed by atoms with Gasteiger partial charge in [-0.1, -0.05) is 42.1 Å². The van der Waals surface area contributed by atoms with E-state index in [4.69, 9.17) is 10.2 Å². The van der Waals surface area contributed by atoms with E-state index in [2.05, 4.69) is 27.8 Å². The minimum atomic E-state index is -0.314. The van der Waals surface area contributed by atoms with Crippen LogP contribution in [-0.2, 0) is 6.42 Å². The molecule has 0 aliphatic heterocycles. The van der Waals surface area contributed by atoms with Crippen molar-refractivity contribution in [3.05, 3.63) is 54.1 Å². The number of benzene rings is 1. The number of nitrogens with two attached hydrogens (primary N) is 1. The average Bonchev–Trinajstić information content (AvgIpc) is 3.13. The van der Waals surface area contributed by atoms with Gasteiger partial charge in [0.25, 0.3) is 5.22 Å². The first kappa shape index (κ1) is 17.6. The number of H-pyrrole nitrogens is 1. The van der Waals surface area contributed by atoms with Crippen molar-refractivity contribution in [2.75, 3.05) is 5.75 Å². The Kier molecular flexibility index (Phi) is 5.87. The lowest BCUT2D eigenvalue weighted by Gasteiger charge is -2.05. The van der Waals surface area contributed by atoms with Crippen molar-refractivity contribution in [3.8, 4) is 0 Å². The minimum absolute atomic E-state index is 0. The molecule has 0 spiro atoms. The molecule has 1 atom stereocenters. The van der Waals surface area contributed by atoms with Crippen molar-refractivity contribution in [3.63, 3.8) is 0 Å². The molecule has 2 heterocycles. The van der Waals surface area contributed by atoms with Gasteiger partial charge in [0.15, 0.2) is 0 Å². The quantitative estimate of drug-likeness (QED) is 0.502. The van der Waals surface area contributed by atoms with E-state index in [1.165, 1.54) is 17.1 Å². The lowest BCUT2D eigenvalue weighted by atomic mass is 10.1. The van der Waals surface area contributed by atoms with Gasteiger partial charge in [-0.3, -0.25) is 0 Å². The normalized spacial score (nSPS) is 12.1. The monoisotopic (exact) mass is 350 g/mol. The first-order chi connectivity index (χ1) is 10.6. The zero-order valence-corrected chi connectivity index (χ0v) is 14.3. The molecule has 3 rings (SSSR count). The van der Waals surface area contributed by atoms with E-state index in [9.17, 15) is 0 Å². The first-order valence-corrected chi connectivity index (χ1v) is 8.03. The number of thioether (sulfide) groups is 1. The first-order valence-electron chi connectivity index (χ1n) is 7.04. The summed E-state index contributed by atoms with van der Waals surface area (Å²) in [5.41, 5.74) is 9.53. The maximum atomic E-state index is 6.21. The summed E-state index contributed by atoms with van der Waals surface area (Å²) in [4.78, 5) is 3.25. The standard InChI is InChI=1S/C16H18N4OS.ClH/c1-10(2)9-22-16-20-19-15(21-16)13(17)7-11-8-18-14-6-4-3-5-12(11)14;/h3-6,8,13,18H,1,7,9,17H2,2H3;1H/t13-;/m0./s1. The van der Waals surface area contributed by atoms with Gasteiger partial charge in [-0.05, 0) is 25.0 Å². The molecular weight excluding hydrogens is 332 g/mol. The van der Waals surface area contributed by atoms with Crippen molar-refractivity contribution >= 4 is 22.7 Å². The Labute approximate surface area is 146 Å². The predicted molar refractivity (Wildman–Crippen MR) is 89.9 cm³/mol. The summed E-state index contributed by atoms with van der Waals surface area (Å²) in [5, 5.41) is 9.78. The molecule has 23 heavy (non-hydrogen) atoms. The minimum Gasteiger partial charge on any atom is -1.00 e. The Morgan fingerprint density at radius 3 is 3.00 bits per heavy atom. The van der Waals surface area contributed by atoms with Crippen LogP contribution in [0.15, 0.2) is 52.3 Å². The second-order valence-corrected chi connectivity index (χ2v) is 6.25. The summed E-state index contributed by atoms with van der Waals surface area (Å²) >= 11 is 1.48. The summed E-state index contributed by atoms with van der Waals surface area (Å²) in [6.07, 6.45) is 2.63. The summed E-state index contributed by atoms with van der Waals surface area (Å²) in [6, 6.07) is 7.83. The molecule has 0 radical (unpaired) electrons. The van der Waals surface area contributed by atoms with E-state index in [0.29, 0.717) is 17.5 Å². The second kappa shape index (κ2) is 7.68. The Bertz CT molecular complexity index is 804.